The number of halogens is 1. The summed E-state index contributed by atoms with van der Waals surface area (Å²) in [5.41, 5.74) is 2.36. The fourth-order valence-corrected chi connectivity index (χ4v) is 2.46. The van der Waals surface area contributed by atoms with E-state index in [0.29, 0.717) is 0 Å². The van der Waals surface area contributed by atoms with Crippen molar-refractivity contribution in [3.63, 3.8) is 0 Å². The molecule has 0 spiro atoms. The summed E-state index contributed by atoms with van der Waals surface area (Å²) in [4.78, 5) is 11.5. The van der Waals surface area contributed by atoms with E-state index >= 15 is 0 Å². The molecule has 0 radical (unpaired) electrons. The van der Waals surface area contributed by atoms with E-state index in [9.17, 15) is 14.3 Å². The van der Waals surface area contributed by atoms with Crippen molar-refractivity contribution >= 4 is 5.97 Å². The maximum absolute atomic E-state index is 13.9. The van der Waals surface area contributed by atoms with Crippen molar-refractivity contribution in [3.05, 3.63) is 71.0 Å². The topological polar surface area (TPSA) is 37.3 Å². The van der Waals surface area contributed by atoms with Crippen molar-refractivity contribution in [2.75, 3.05) is 0 Å². The number of hydrogen-bond acceptors (Lipinski definition) is 1. The largest absolute Gasteiger partial charge is 0.481 e. The van der Waals surface area contributed by atoms with Gasteiger partial charge in [-0.25, -0.2) is 4.39 Å². The summed E-state index contributed by atoms with van der Waals surface area (Å²) in [5, 5.41) is 9.43. The lowest BCUT2D eigenvalue weighted by atomic mass is 9.85. The molecule has 0 bridgehead atoms. The van der Waals surface area contributed by atoms with Gasteiger partial charge >= 0.3 is 5.97 Å². The minimum absolute atomic E-state index is 0.0519. The molecule has 1 unspecified atom stereocenters. The molecule has 0 saturated carbocycles. The van der Waals surface area contributed by atoms with Crippen LogP contribution in [-0.2, 0) is 16.6 Å². The van der Waals surface area contributed by atoms with Gasteiger partial charge in [0.2, 0.25) is 0 Å². The summed E-state index contributed by atoms with van der Waals surface area (Å²) in [6.45, 7) is 6.38. The molecule has 0 heterocycles. The van der Waals surface area contributed by atoms with E-state index in [-0.39, 0.29) is 17.4 Å². The molecule has 0 fully saturated rings. The third-order valence-corrected chi connectivity index (χ3v) is 3.84. The zero-order valence-corrected chi connectivity index (χ0v) is 13.1. The van der Waals surface area contributed by atoms with Gasteiger partial charge in [0.05, 0.1) is 5.92 Å². The first kappa shape index (κ1) is 16.2. The molecule has 0 aliphatic carbocycles. The molecule has 2 aromatic rings. The molecule has 0 amide bonds. The lowest BCUT2D eigenvalue weighted by molar-refractivity contribution is -0.138. The summed E-state index contributed by atoms with van der Waals surface area (Å²) < 4.78 is 13.9. The second-order valence-electron chi connectivity index (χ2n) is 6.56. The normalized spacial score (nSPS) is 12.9. The number of hydrogen-bond donors (Lipinski definition) is 1. The Morgan fingerprint density at radius 2 is 1.68 bits per heavy atom. The van der Waals surface area contributed by atoms with Crippen molar-refractivity contribution < 1.29 is 14.3 Å². The van der Waals surface area contributed by atoms with Crippen molar-refractivity contribution in [2.45, 2.75) is 38.5 Å². The summed E-state index contributed by atoms with van der Waals surface area (Å²) in [6, 6.07) is 13.9. The van der Waals surface area contributed by atoms with E-state index in [0.717, 1.165) is 5.56 Å². The summed E-state index contributed by atoms with van der Waals surface area (Å²) in [7, 11) is 0. The summed E-state index contributed by atoms with van der Waals surface area (Å²) >= 11 is 0. The molecular formula is C19H21FO2. The van der Waals surface area contributed by atoms with Crippen molar-refractivity contribution in [1.82, 2.24) is 0 Å². The Labute approximate surface area is 130 Å². The van der Waals surface area contributed by atoms with Crippen LogP contribution in [-0.4, -0.2) is 11.1 Å². The predicted octanol–water partition coefficient (Wildman–Crippen LogP) is 4.53. The minimum atomic E-state index is -1.01. The number of carboxylic acids is 1. The highest BCUT2D eigenvalue weighted by Gasteiger charge is 2.23. The first-order chi connectivity index (χ1) is 10.3. The zero-order valence-electron chi connectivity index (χ0n) is 13.1. The fraction of sp³-hybridized carbons (Fsp3) is 0.316. The Morgan fingerprint density at radius 1 is 1.09 bits per heavy atom. The monoisotopic (exact) mass is 300 g/mol. The highest BCUT2D eigenvalue weighted by molar-refractivity contribution is 5.76. The molecule has 2 aromatic carbocycles. The Morgan fingerprint density at radius 3 is 2.18 bits per heavy atom. The smallest absolute Gasteiger partial charge is 0.311 e. The molecule has 0 aromatic heterocycles. The second-order valence-corrected chi connectivity index (χ2v) is 6.56. The van der Waals surface area contributed by atoms with Gasteiger partial charge in [-0.1, -0.05) is 63.2 Å². The van der Waals surface area contributed by atoms with Crippen LogP contribution in [0.4, 0.5) is 4.39 Å². The van der Waals surface area contributed by atoms with E-state index in [1.165, 1.54) is 17.7 Å². The van der Waals surface area contributed by atoms with Gasteiger partial charge < -0.3 is 5.11 Å². The fourth-order valence-electron chi connectivity index (χ4n) is 2.46. The predicted molar refractivity (Wildman–Crippen MR) is 85.6 cm³/mol. The number of aliphatic carboxylic acids is 1. The van der Waals surface area contributed by atoms with Gasteiger partial charge in [0.1, 0.15) is 5.82 Å². The number of carbonyl (C=O) groups is 1. The Balaban J connectivity index is 2.26. The number of rotatable bonds is 4. The third kappa shape index (κ3) is 3.73. The van der Waals surface area contributed by atoms with Crippen molar-refractivity contribution in [2.24, 2.45) is 0 Å². The minimum Gasteiger partial charge on any atom is -0.481 e. The average molecular weight is 300 g/mol. The van der Waals surface area contributed by atoms with Crippen LogP contribution in [0.5, 0.6) is 0 Å². The second kappa shape index (κ2) is 6.30. The van der Waals surface area contributed by atoms with Gasteiger partial charge in [0.15, 0.2) is 0 Å². The quantitative estimate of drug-likeness (QED) is 0.900. The molecular weight excluding hydrogens is 279 g/mol. The lowest BCUT2D eigenvalue weighted by Crippen LogP contribution is -2.16. The van der Waals surface area contributed by atoms with Gasteiger partial charge in [-0.15, -0.1) is 0 Å². The van der Waals surface area contributed by atoms with Crippen LogP contribution in [0.1, 0.15) is 43.4 Å². The molecule has 2 rings (SSSR count). The van der Waals surface area contributed by atoms with Crippen LogP contribution in [0.25, 0.3) is 0 Å². The molecule has 116 valence electrons. The third-order valence-electron chi connectivity index (χ3n) is 3.84. The van der Waals surface area contributed by atoms with E-state index in [4.69, 9.17) is 0 Å². The molecule has 0 saturated heterocycles. The van der Waals surface area contributed by atoms with E-state index in [1.54, 1.807) is 12.1 Å². The molecule has 2 nitrogen and oxygen atoms in total. The zero-order chi connectivity index (χ0) is 16.3. The van der Waals surface area contributed by atoms with Crippen LogP contribution in [0.3, 0.4) is 0 Å². The van der Waals surface area contributed by atoms with Crippen molar-refractivity contribution in [1.29, 1.82) is 0 Å². The molecule has 22 heavy (non-hydrogen) atoms. The molecule has 0 aliphatic rings. The Kier molecular flexibility index (Phi) is 4.65. The highest BCUT2D eigenvalue weighted by atomic mass is 19.1. The molecule has 1 atom stereocenters. The van der Waals surface area contributed by atoms with Gasteiger partial charge in [0.25, 0.3) is 0 Å². The lowest BCUT2D eigenvalue weighted by Gasteiger charge is -2.20. The Bertz CT molecular complexity index is 654. The first-order valence-corrected chi connectivity index (χ1v) is 7.35. The number of benzene rings is 2. The SMILES string of the molecule is CC(C)(C)c1ccc(CC(C(=O)O)c2ccccc2F)cc1. The van der Waals surface area contributed by atoms with Crippen molar-refractivity contribution in [3.8, 4) is 0 Å². The van der Waals surface area contributed by atoms with Crippen LogP contribution >= 0.6 is 0 Å². The molecule has 1 N–H and O–H groups in total. The van der Waals surface area contributed by atoms with Crippen LogP contribution < -0.4 is 0 Å². The standard InChI is InChI=1S/C19H21FO2/c1-19(2,3)14-10-8-13(9-11-14)12-16(18(21)22)15-6-4-5-7-17(15)20/h4-11,16H,12H2,1-3H3,(H,21,22). The number of carboxylic acid groups (broad SMARTS) is 1. The Hall–Kier alpha value is -2.16. The van der Waals surface area contributed by atoms with E-state index < -0.39 is 17.7 Å². The van der Waals surface area contributed by atoms with Crippen LogP contribution in [0.2, 0.25) is 0 Å². The maximum atomic E-state index is 13.9. The van der Waals surface area contributed by atoms with E-state index in [1.807, 2.05) is 24.3 Å². The van der Waals surface area contributed by atoms with Crippen LogP contribution in [0, 0.1) is 5.82 Å². The molecule has 0 aliphatic heterocycles. The average Bonchev–Trinajstić information content (AvgIpc) is 2.45. The van der Waals surface area contributed by atoms with Gasteiger partial charge in [-0.2, -0.15) is 0 Å². The first-order valence-electron chi connectivity index (χ1n) is 7.35. The van der Waals surface area contributed by atoms with Gasteiger partial charge in [-0.3, -0.25) is 4.79 Å². The van der Waals surface area contributed by atoms with E-state index in [2.05, 4.69) is 20.8 Å². The highest BCUT2D eigenvalue weighted by Crippen LogP contribution is 2.26. The maximum Gasteiger partial charge on any atom is 0.311 e. The molecule has 3 heteroatoms. The van der Waals surface area contributed by atoms with Gasteiger partial charge in [-0.05, 0) is 29.0 Å². The van der Waals surface area contributed by atoms with Gasteiger partial charge in [0, 0.05) is 5.56 Å². The van der Waals surface area contributed by atoms with Crippen LogP contribution in [0.15, 0.2) is 48.5 Å². The summed E-state index contributed by atoms with van der Waals surface area (Å²) in [5.74, 6) is -2.35. The summed E-state index contributed by atoms with van der Waals surface area (Å²) in [6.07, 6.45) is 0.278.